The number of fused-ring (bicyclic) bond motifs is 1. The smallest absolute Gasteiger partial charge is 0.406 e. The third-order valence-corrected chi connectivity index (χ3v) is 6.86. The first-order chi connectivity index (χ1) is 17.5. The molecule has 1 atom stereocenters. The van der Waals surface area contributed by atoms with E-state index >= 15 is 0 Å². The number of imidazole rings is 1. The number of aromatic amines is 1. The summed E-state index contributed by atoms with van der Waals surface area (Å²) in [6.07, 6.45) is -2.26. The number of H-pyrrole nitrogens is 1. The molecule has 2 aliphatic heterocycles. The summed E-state index contributed by atoms with van der Waals surface area (Å²) in [5.74, 6) is -3.56. The number of alkyl halides is 5. The Bertz CT molecular complexity index is 1300. The summed E-state index contributed by atoms with van der Waals surface area (Å²) in [5, 5.41) is 2.76. The van der Waals surface area contributed by atoms with Crippen LogP contribution in [-0.2, 0) is 0 Å². The summed E-state index contributed by atoms with van der Waals surface area (Å²) in [4.78, 5) is 26.6. The lowest BCUT2D eigenvalue weighted by molar-refractivity contribution is -0.274. The molecule has 0 saturated carbocycles. The number of benzene rings is 1. The zero-order valence-corrected chi connectivity index (χ0v) is 19.6. The van der Waals surface area contributed by atoms with Crippen molar-refractivity contribution < 1.29 is 31.5 Å². The first-order valence-electron chi connectivity index (χ1n) is 11.9. The highest BCUT2D eigenvalue weighted by Crippen LogP contribution is 2.36. The highest BCUT2D eigenvalue weighted by Gasteiger charge is 2.38. The van der Waals surface area contributed by atoms with Crippen LogP contribution in [0.1, 0.15) is 52.8 Å². The van der Waals surface area contributed by atoms with Crippen LogP contribution in [0, 0.1) is 0 Å². The third-order valence-electron chi connectivity index (χ3n) is 6.86. The van der Waals surface area contributed by atoms with Gasteiger partial charge in [0, 0.05) is 49.9 Å². The lowest BCUT2D eigenvalue weighted by atomic mass is 9.89. The molecule has 8 nitrogen and oxygen atoms in total. The molecule has 4 heterocycles. The Labute approximate surface area is 208 Å². The van der Waals surface area contributed by atoms with E-state index in [1.807, 2.05) is 6.07 Å². The van der Waals surface area contributed by atoms with Crippen molar-refractivity contribution in [2.24, 2.45) is 0 Å². The molecule has 5 rings (SSSR count). The predicted octanol–water partition coefficient (Wildman–Crippen LogP) is 4.17. The Kier molecular flexibility index (Phi) is 6.42. The van der Waals surface area contributed by atoms with Crippen LogP contribution in [0.2, 0.25) is 0 Å². The molecule has 2 aliphatic rings. The van der Waals surface area contributed by atoms with Gasteiger partial charge in [0.1, 0.15) is 11.6 Å². The van der Waals surface area contributed by atoms with Crippen molar-refractivity contribution in [3.63, 3.8) is 0 Å². The zero-order valence-electron chi connectivity index (χ0n) is 19.6. The van der Waals surface area contributed by atoms with Gasteiger partial charge >= 0.3 is 6.36 Å². The fourth-order valence-electron chi connectivity index (χ4n) is 5.11. The van der Waals surface area contributed by atoms with E-state index in [2.05, 4.69) is 25.0 Å². The third kappa shape index (κ3) is 5.45. The van der Waals surface area contributed by atoms with Crippen molar-refractivity contribution >= 4 is 22.8 Å². The summed E-state index contributed by atoms with van der Waals surface area (Å²) < 4.78 is 69.0. The van der Waals surface area contributed by atoms with Crippen molar-refractivity contribution in [3.8, 4) is 5.75 Å². The highest BCUT2D eigenvalue weighted by atomic mass is 19.4. The van der Waals surface area contributed by atoms with Crippen LogP contribution < -0.4 is 15.8 Å². The molecule has 13 heteroatoms. The van der Waals surface area contributed by atoms with E-state index in [1.54, 1.807) is 11.1 Å². The number of nitrogen functional groups attached to an aromatic ring is 1. The normalized spacial score (nSPS) is 20.8. The second-order valence-electron chi connectivity index (χ2n) is 9.47. The Balaban J connectivity index is 1.28. The van der Waals surface area contributed by atoms with Gasteiger partial charge in [-0.3, -0.25) is 4.79 Å². The number of pyridine rings is 1. The maximum atomic E-state index is 13.9. The number of halogens is 5. The summed E-state index contributed by atoms with van der Waals surface area (Å²) in [5.41, 5.74) is 7.99. The molecule has 0 aliphatic carbocycles. The number of rotatable bonds is 4. The number of carbonyl (C=O) groups is 1. The Morgan fingerprint density at radius 1 is 1.16 bits per heavy atom. The molecule has 2 fully saturated rings. The average Bonchev–Trinajstić information content (AvgIpc) is 3.27. The molecule has 3 aromatic rings. The lowest BCUT2D eigenvalue weighted by Crippen LogP contribution is -2.43. The van der Waals surface area contributed by atoms with E-state index in [-0.39, 0.29) is 36.0 Å². The topological polar surface area (TPSA) is 109 Å². The molecule has 0 unspecified atom stereocenters. The van der Waals surface area contributed by atoms with Crippen LogP contribution >= 0.6 is 0 Å². The van der Waals surface area contributed by atoms with E-state index in [0.29, 0.717) is 49.5 Å². The van der Waals surface area contributed by atoms with Gasteiger partial charge < -0.3 is 25.7 Å². The quantitative estimate of drug-likeness (QED) is 0.349. The van der Waals surface area contributed by atoms with Crippen molar-refractivity contribution in [2.45, 2.75) is 43.4 Å². The van der Waals surface area contributed by atoms with E-state index < -0.39 is 24.0 Å². The van der Waals surface area contributed by atoms with Crippen molar-refractivity contribution in [1.29, 1.82) is 0 Å². The molecular formula is C24H25F5N6O2. The Hall–Kier alpha value is -3.48. The van der Waals surface area contributed by atoms with Crippen molar-refractivity contribution in [2.75, 3.05) is 31.9 Å². The minimum absolute atomic E-state index is 0.0775. The number of aromatic nitrogens is 3. The molecule has 4 N–H and O–H groups in total. The fraction of sp³-hybridized carbons (Fsp3) is 0.458. The maximum absolute atomic E-state index is 13.9. The van der Waals surface area contributed by atoms with Gasteiger partial charge in [-0.05, 0) is 42.5 Å². The van der Waals surface area contributed by atoms with Crippen LogP contribution in [0.15, 0.2) is 30.5 Å². The van der Waals surface area contributed by atoms with E-state index in [1.165, 1.54) is 6.07 Å². The van der Waals surface area contributed by atoms with Crippen molar-refractivity contribution in [1.82, 2.24) is 25.2 Å². The minimum Gasteiger partial charge on any atom is -0.406 e. The standard InChI is InChI=1S/C24H25F5N6O2/c25-23(26)10-14(11-31-12-23)20-33-19-16(3-6-32-21(19)34-20)13-4-7-35(8-5-13)22(36)17-2-1-15(9-18(17)30)37-24(27,28)29/h1-3,6,9,13-14,31H,4-5,7-8,10-12,30H2,(H,32,33,34)/t14-/m0/s1. The van der Waals surface area contributed by atoms with Gasteiger partial charge in [-0.25, -0.2) is 18.7 Å². The molecule has 1 aromatic carbocycles. The van der Waals surface area contributed by atoms with Crippen LogP contribution in [0.25, 0.3) is 11.2 Å². The molecule has 2 saturated heterocycles. The molecule has 2 aromatic heterocycles. The van der Waals surface area contributed by atoms with Gasteiger partial charge in [0.25, 0.3) is 11.8 Å². The first-order valence-corrected chi connectivity index (χ1v) is 11.9. The first kappa shape index (κ1) is 25.2. The minimum atomic E-state index is -4.86. The summed E-state index contributed by atoms with van der Waals surface area (Å²) in [7, 11) is 0. The highest BCUT2D eigenvalue weighted by molar-refractivity contribution is 5.99. The number of hydrogen-bond donors (Lipinski definition) is 3. The Morgan fingerprint density at radius 2 is 1.92 bits per heavy atom. The van der Waals surface area contributed by atoms with Gasteiger partial charge in [0.15, 0.2) is 5.65 Å². The van der Waals surface area contributed by atoms with Gasteiger partial charge in [-0.2, -0.15) is 0 Å². The van der Waals surface area contributed by atoms with E-state index in [0.717, 1.165) is 17.7 Å². The molecule has 37 heavy (non-hydrogen) atoms. The van der Waals surface area contributed by atoms with Gasteiger partial charge in [0.05, 0.1) is 17.6 Å². The van der Waals surface area contributed by atoms with Crippen LogP contribution in [0.5, 0.6) is 5.75 Å². The predicted molar refractivity (Wildman–Crippen MR) is 124 cm³/mol. The molecule has 198 valence electrons. The molecule has 1 amide bonds. The number of ether oxygens (including phenoxy) is 1. The van der Waals surface area contributed by atoms with Gasteiger partial charge in [-0.1, -0.05) is 0 Å². The second kappa shape index (κ2) is 9.43. The number of nitrogens with zero attached hydrogens (tertiary/aromatic N) is 3. The number of hydrogen-bond acceptors (Lipinski definition) is 6. The SMILES string of the molecule is Nc1cc(OC(F)(F)F)ccc1C(=O)N1CCC(c2ccnc3nc([C@@H]4CNCC(F)(F)C4)[nH]c23)CC1. The number of carbonyl (C=O) groups excluding carboxylic acids is 1. The zero-order chi connectivity index (χ0) is 26.4. The van der Waals surface area contributed by atoms with E-state index in [4.69, 9.17) is 5.73 Å². The van der Waals surface area contributed by atoms with Crippen LogP contribution in [-0.4, -0.2) is 64.2 Å². The molecule has 0 radical (unpaired) electrons. The number of nitrogens with two attached hydrogens (primary N) is 1. The largest absolute Gasteiger partial charge is 0.573 e. The van der Waals surface area contributed by atoms with Gasteiger partial charge in [0.2, 0.25) is 0 Å². The number of nitrogens with one attached hydrogen (secondary N) is 2. The molecular weight excluding hydrogens is 499 g/mol. The molecule has 0 spiro atoms. The number of anilines is 1. The number of piperidine rings is 2. The molecule has 0 bridgehead atoms. The lowest BCUT2D eigenvalue weighted by Gasteiger charge is -2.32. The monoisotopic (exact) mass is 524 g/mol. The van der Waals surface area contributed by atoms with E-state index in [9.17, 15) is 26.7 Å². The average molecular weight is 524 g/mol. The summed E-state index contributed by atoms with van der Waals surface area (Å²) in [6.45, 7) is 0.875. The summed E-state index contributed by atoms with van der Waals surface area (Å²) >= 11 is 0. The van der Waals surface area contributed by atoms with Crippen LogP contribution in [0.4, 0.5) is 27.6 Å². The van der Waals surface area contributed by atoms with Crippen LogP contribution in [0.3, 0.4) is 0 Å². The van der Waals surface area contributed by atoms with Gasteiger partial charge in [-0.15, -0.1) is 13.2 Å². The summed E-state index contributed by atoms with van der Waals surface area (Å²) in [6, 6.07) is 5.14. The number of likely N-dealkylation sites (tertiary alicyclic amines) is 1. The Morgan fingerprint density at radius 3 is 2.59 bits per heavy atom. The van der Waals surface area contributed by atoms with Crippen molar-refractivity contribution in [3.05, 3.63) is 47.4 Å². The second-order valence-corrected chi connectivity index (χ2v) is 9.47. The fourth-order valence-corrected chi connectivity index (χ4v) is 5.11. The maximum Gasteiger partial charge on any atom is 0.573 e. The number of amides is 1.